The first-order chi connectivity index (χ1) is 10.1. The molecule has 5 heteroatoms. The zero-order valence-electron chi connectivity index (χ0n) is 12.3. The summed E-state index contributed by atoms with van der Waals surface area (Å²) in [6, 6.07) is 4.99. The highest BCUT2D eigenvalue weighted by atomic mass is 35.5. The highest BCUT2D eigenvalue weighted by Gasteiger charge is 2.18. The lowest BCUT2D eigenvalue weighted by molar-refractivity contribution is 0.0754. The van der Waals surface area contributed by atoms with Crippen molar-refractivity contribution >= 4 is 28.4 Å². The summed E-state index contributed by atoms with van der Waals surface area (Å²) in [4.78, 5) is 29.7. The van der Waals surface area contributed by atoms with Crippen LogP contribution in [0.5, 0.6) is 0 Å². The Bertz CT molecular complexity index is 703. The number of fused-ring (bicyclic) bond motifs is 1. The first kappa shape index (κ1) is 15.6. The van der Waals surface area contributed by atoms with Crippen LogP contribution in [0.2, 0.25) is 5.02 Å². The molecule has 0 bridgehead atoms. The van der Waals surface area contributed by atoms with E-state index >= 15 is 0 Å². The average molecular weight is 307 g/mol. The average Bonchev–Trinajstić information content (AvgIpc) is 2.46. The van der Waals surface area contributed by atoms with Crippen molar-refractivity contribution in [2.45, 2.75) is 26.7 Å². The predicted octanol–water partition coefficient (Wildman–Crippen LogP) is 3.44. The lowest BCUT2D eigenvalue weighted by Gasteiger charge is -2.21. The second-order valence-electron chi connectivity index (χ2n) is 5.01. The van der Waals surface area contributed by atoms with Gasteiger partial charge in [-0.3, -0.25) is 9.59 Å². The number of rotatable bonds is 5. The van der Waals surface area contributed by atoms with Gasteiger partial charge in [0.05, 0.1) is 5.52 Å². The van der Waals surface area contributed by atoms with Gasteiger partial charge in [-0.05, 0) is 31.0 Å². The third-order valence-corrected chi connectivity index (χ3v) is 3.58. The maximum absolute atomic E-state index is 12.5. The molecule has 0 fully saturated rings. The lowest BCUT2D eigenvalue weighted by atomic mass is 10.1. The maximum atomic E-state index is 12.5. The van der Waals surface area contributed by atoms with Gasteiger partial charge >= 0.3 is 0 Å². The lowest BCUT2D eigenvalue weighted by Crippen LogP contribution is -2.35. The van der Waals surface area contributed by atoms with Gasteiger partial charge in [-0.2, -0.15) is 0 Å². The maximum Gasteiger partial charge on any atom is 0.259 e. The predicted molar refractivity (Wildman–Crippen MR) is 86.1 cm³/mol. The molecule has 1 aromatic heterocycles. The quantitative estimate of drug-likeness (QED) is 0.920. The Morgan fingerprint density at radius 3 is 2.52 bits per heavy atom. The second kappa shape index (κ2) is 6.76. The first-order valence-electron chi connectivity index (χ1n) is 7.18. The molecule has 0 aliphatic heterocycles. The molecule has 1 amide bonds. The molecule has 21 heavy (non-hydrogen) atoms. The van der Waals surface area contributed by atoms with E-state index in [4.69, 9.17) is 11.6 Å². The van der Waals surface area contributed by atoms with Gasteiger partial charge in [0, 0.05) is 29.7 Å². The van der Waals surface area contributed by atoms with Gasteiger partial charge in [0.25, 0.3) is 5.91 Å². The SMILES string of the molecule is CCCN(CCC)C(=O)c1c[nH]c2cc(Cl)ccc2c1=O. The van der Waals surface area contributed by atoms with Crippen LogP contribution in [0.15, 0.2) is 29.2 Å². The van der Waals surface area contributed by atoms with Crippen LogP contribution < -0.4 is 5.43 Å². The number of benzene rings is 1. The normalized spacial score (nSPS) is 10.8. The molecule has 0 spiro atoms. The minimum atomic E-state index is -0.248. The van der Waals surface area contributed by atoms with E-state index in [0.717, 1.165) is 12.8 Å². The first-order valence-corrected chi connectivity index (χ1v) is 7.56. The molecule has 2 rings (SSSR count). The fourth-order valence-corrected chi connectivity index (χ4v) is 2.55. The number of halogens is 1. The second-order valence-corrected chi connectivity index (χ2v) is 5.45. The molecule has 2 aromatic rings. The van der Waals surface area contributed by atoms with Crippen LogP contribution in [0.4, 0.5) is 0 Å². The summed E-state index contributed by atoms with van der Waals surface area (Å²) in [5.41, 5.74) is 0.580. The Kier molecular flexibility index (Phi) is 5.02. The molecule has 4 nitrogen and oxygen atoms in total. The largest absolute Gasteiger partial charge is 0.360 e. The number of aromatic amines is 1. The van der Waals surface area contributed by atoms with Crippen LogP contribution in [0.1, 0.15) is 37.0 Å². The summed E-state index contributed by atoms with van der Waals surface area (Å²) in [6.07, 6.45) is 3.22. The molecule has 0 aliphatic rings. The molecule has 0 atom stereocenters. The van der Waals surface area contributed by atoms with Gasteiger partial charge in [0.15, 0.2) is 0 Å². The summed E-state index contributed by atoms with van der Waals surface area (Å²) in [5.74, 6) is -0.211. The van der Waals surface area contributed by atoms with E-state index in [0.29, 0.717) is 29.0 Å². The fourth-order valence-electron chi connectivity index (χ4n) is 2.38. The van der Waals surface area contributed by atoms with Crippen molar-refractivity contribution in [3.8, 4) is 0 Å². The molecule has 0 aliphatic carbocycles. The molecule has 112 valence electrons. The highest BCUT2D eigenvalue weighted by molar-refractivity contribution is 6.31. The van der Waals surface area contributed by atoms with Crippen LogP contribution in [0.3, 0.4) is 0 Å². The van der Waals surface area contributed by atoms with Crippen LogP contribution in [-0.2, 0) is 0 Å². The van der Waals surface area contributed by atoms with Gasteiger partial charge in [-0.1, -0.05) is 25.4 Å². The standard InChI is InChI=1S/C16H19ClN2O2/c1-3-7-19(8-4-2)16(21)13-10-18-14-9-11(17)5-6-12(14)15(13)20/h5-6,9-10H,3-4,7-8H2,1-2H3,(H,18,20). The van der Waals surface area contributed by atoms with Crippen molar-refractivity contribution in [1.29, 1.82) is 0 Å². The van der Waals surface area contributed by atoms with E-state index in [1.807, 2.05) is 13.8 Å². The van der Waals surface area contributed by atoms with Gasteiger partial charge in [-0.25, -0.2) is 0 Å². The summed E-state index contributed by atoms with van der Waals surface area (Å²) in [6.45, 7) is 5.35. The number of amides is 1. The van der Waals surface area contributed by atoms with Crippen LogP contribution >= 0.6 is 11.6 Å². The fraction of sp³-hybridized carbons (Fsp3) is 0.375. The molecule has 0 saturated heterocycles. The van der Waals surface area contributed by atoms with Crippen LogP contribution in [-0.4, -0.2) is 28.9 Å². The molecule has 0 saturated carbocycles. The third-order valence-electron chi connectivity index (χ3n) is 3.35. The smallest absolute Gasteiger partial charge is 0.259 e. The number of nitrogens with zero attached hydrogens (tertiary/aromatic N) is 1. The number of pyridine rings is 1. The molecule has 1 heterocycles. The van der Waals surface area contributed by atoms with Crippen LogP contribution in [0, 0.1) is 0 Å². The number of nitrogens with one attached hydrogen (secondary N) is 1. The van der Waals surface area contributed by atoms with Gasteiger partial charge < -0.3 is 9.88 Å². The third kappa shape index (κ3) is 3.27. The van der Waals surface area contributed by atoms with E-state index in [1.54, 1.807) is 23.1 Å². The van der Waals surface area contributed by atoms with Crippen molar-refractivity contribution in [3.05, 3.63) is 45.2 Å². The molecular weight excluding hydrogens is 288 g/mol. The van der Waals surface area contributed by atoms with Gasteiger partial charge in [0.1, 0.15) is 5.56 Å². The Labute approximate surface area is 128 Å². The van der Waals surface area contributed by atoms with Crippen molar-refractivity contribution in [3.63, 3.8) is 0 Å². The summed E-state index contributed by atoms with van der Waals surface area (Å²) in [7, 11) is 0. The molecule has 1 N–H and O–H groups in total. The number of aromatic nitrogens is 1. The van der Waals surface area contributed by atoms with E-state index in [-0.39, 0.29) is 16.9 Å². The van der Waals surface area contributed by atoms with Crippen molar-refractivity contribution in [1.82, 2.24) is 9.88 Å². The summed E-state index contributed by atoms with van der Waals surface area (Å²) < 4.78 is 0. The molecule has 0 radical (unpaired) electrons. The minimum absolute atomic E-state index is 0.187. The van der Waals surface area contributed by atoms with Gasteiger partial charge in [0.2, 0.25) is 5.43 Å². The zero-order valence-corrected chi connectivity index (χ0v) is 13.0. The number of H-pyrrole nitrogens is 1. The summed E-state index contributed by atoms with van der Waals surface area (Å²) >= 11 is 5.91. The Morgan fingerprint density at radius 1 is 1.24 bits per heavy atom. The number of hydrogen-bond acceptors (Lipinski definition) is 2. The van der Waals surface area contributed by atoms with E-state index < -0.39 is 0 Å². The Morgan fingerprint density at radius 2 is 1.90 bits per heavy atom. The topological polar surface area (TPSA) is 53.2 Å². The van der Waals surface area contributed by atoms with E-state index in [9.17, 15) is 9.59 Å². The molecular formula is C16H19ClN2O2. The number of hydrogen-bond donors (Lipinski definition) is 1. The Hall–Kier alpha value is -1.81. The van der Waals surface area contributed by atoms with Gasteiger partial charge in [-0.15, -0.1) is 0 Å². The van der Waals surface area contributed by atoms with Crippen molar-refractivity contribution in [2.75, 3.05) is 13.1 Å². The van der Waals surface area contributed by atoms with Crippen LogP contribution in [0.25, 0.3) is 10.9 Å². The van der Waals surface area contributed by atoms with E-state index in [1.165, 1.54) is 6.20 Å². The molecule has 0 unspecified atom stereocenters. The van der Waals surface area contributed by atoms with E-state index in [2.05, 4.69) is 4.98 Å². The Balaban J connectivity index is 2.46. The number of carbonyl (C=O) groups excluding carboxylic acids is 1. The van der Waals surface area contributed by atoms with Crippen molar-refractivity contribution < 1.29 is 4.79 Å². The monoisotopic (exact) mass is 306 g/mol. The molecule has 1 aromatic carbocycles. The zero-order chi connectivity index (χ0) is 15.4. The summed E-state index contributed by atoms with van der Waals surface area (Å²) in [5, 5.41) is 1.04. The van der Waals surface area contributed by atoms with Crippen molar-refractivity contribution in [2.24, 2.45) is 0 Å². The number of carbonyl (C=O) groups is 1. The minimum Gasteiger partial charge on any atom is -0.360 e. The highest BCUT2D eigenvalue weighted by Crippen LogP contribution is 2.15.